The number of hydrogen-bond acceptors (Lipinski definition) is 4. The second-order valence-electron chi connectivity index (χ2n) is 5.37. The number of nitrogens with two attached hydrogens (primary N) is 1. The molecule has 3 rings (SSSR count). The van der Waals surface area contributed by atoms with Crippen LogP contribution in [0.5, 0.6) is 5.75 Å². The molecule has 0 spiro atoms. The molecule has 0 aliphatic carbocycles. The topological polar surface area (TPSA) is 81.0 Å². The Morgan fingerprint density at radius 3 is 2.74 bits per heavy atom. The highest BCUT2D eigenvalue weighted by Crippen LogP contribution is 2.42. The van der Waals surface area contributed by atoms with Crippen molar-refractivity contribution in [3.05, 3.63) is 73.4 Å². The van der Waals surface area contributed by atoms with Gasteiger partial charge in [0.05, 0.1) is 11.5 Å². The number of pyridine rings is 1. The summed E-state index contributed by atoms with van der Waals surface area (Å²) in [4.78, 5) is 12.8. The van der Waals surface area contributed by atoms with E-state index in [0.29, 0.717) is 11.3 Å². The third kappa shape index (κ3) is 2.34. The number of aryl methyl sites for hydroxylation is 1. The third-order valence-electron chi connectivity index (χ3n) is 4.07. The van der Waals surface area contributed by atoms with Crippen LogP contribution in [0.4, 0.5) is 0 Å². The Hall–Kier alpha value is -2.52. The highest BCUT2D eigenvalue weighted by Gasteiger charge is 2.34. The molecule has 0 radical (unpaired) electrons. The SMILES string of the molecule is Cc1cc2c(c(=O)n1C)[C@@H](c1ccccc1Br)C(C#N)=C(N)O2. The van der Waals surface area contributed by atoms with Gasteiger partial charge in [-0.3, -0.25) is 4.79 Å². The second kappa shape index (κ2) is 5.60. The number of allylic oxidation sites excluding steroid dienone is 1. The van der Waals surface area contributed by atoms with E-state index in [0.717, 1.165) is 15.7 Å². The molecule has 1 aliphatic heterocycles. The number of benzene rings is 1. The number of halogens is 1. The highest BCUT2D eigenvalue weighted by molar-refractivity contribution is 9.10. The number of fused-ring (bicyclic) bond motifs is 1. The second-order valence-corrected chi connectivity index (χ2v) is 6.23. The quantitative estimate of drug-likeness (QED) is 0.835. The van der Waals surface area contributed by atoms with Crippen LogP contribution in [0.2, 0.25) is 0 Å². The lowest BCUT2D eigenvalue weighted by atomic mass is 9.84. The van der Waals surface area contributed by atoms with E-state index in [1.807, 2.05) is 31.2 Å². The molecule has 0 amide bonds. The molecule has 6 heteroatoms. The summed E-state index contributed by atoms with van der Waals surface area (Å²) in [6.45, 7) is 1.82. The van der Waals surface area contributed by atoms with Gasteiger partial charge in [0.15, 0.2) is 0 Å². The monoisotopic (exact) mass is 371 g/mol. The smallest absolute Gasteiger partial charge is 0.258 e. The molecule has 5 nitrogen and oxygen atoms in total. The van der Waals surface area contributed by atoms with Gasteiger partial charge in [0.25, 0.3) is 5.56 Å². The average molecular weight is 372 g/mol. The Labute approximate surface area is 141 Å². The van der Waals surface area contributed by atoms with Crippen LogP contribution in [0, 0.1) is 18.3 Å². The summed E-state index contributed by atoms with van der Waals surface area (Å²) in [6, 6.07) is 11.3. The molecule has 116 valence electrons. The maximum atomic E-state index is 12.8. The zero-order chi connectivity index (χ0) is 16.7. The van der Waals surface area contributed by atoms with Crippen molar-refractivity contribution in [2.45, 2.75) is 12.8 Å². The van der Waals surface area contributed by atoms with Crippen molar-refractivity contribution in [1.29, 1.82) is 5.26 Å². The molecule has 0 saturated carbocycles. The van der Waals surface area contributed by atoms with Crippen LogP contribution in [0.15, 0.2) is 51.1 Å². The fourth-order valence-electron chi connectivity index (χ4n) is 2.76. The highest BCUT2D eigenvalue weighted by atomic mass is 79.9. The van der Waals surface area contributed by atoms with Crippen LogP contribution < -0.4 is 16.0 Å². The van der Waals surface area contributed by atoms with E-state index in [9.17, 15) is 10.1 Å². The Bertz CT molecular complexity index is 938. The molecule has 1 aliphatic rings. The molecular weight excluding hydrogens is 358 g/mol. The minimum absolute atomic E-state index is 0.0356. The van der Waals surface area contributed by atoms with Gasteiger partial charge in [-0.15, -0.1) is 0 Å². The Kier molecular flexibility index (Phi) is 3.74. The van der Waals surface area contributed by atoms with Gasteiger partial charge in [-0.2, -0.15) is 5.26 Å². The molecule has 2 aromatic rings. The lowest BCUT2D eigenvalue weighted by Gasteiger charge is -2.27. The predicted octanol–water partition coefficient (Wildman–Crippen LogP) is 2.67. The van der Waals surface area contributed by atoms with Crippen LogP contribution in [-0.4, -0.2) is 4.57 Å². The first-order chi connectivity index (χ1) is 11.0. The van der Waals surface area contributed by atoms with Crippen molar-refractivity contribution in [2.75, 3.05) is 0 Å². The molecule has 1 aromatic heterocycles. The van der Waals surface area contributed by atoms with Gasteiger partial charge in [0, 0.05) is 23.3 Å². The van der Waals surface area contributed by atoms with E-state index in [1.165, 1.54) is 0 Å². The average Bonchev–Trinajstić information content (AvgIpc) is 2.52. The van der Waals surface area contributed by atoms with E-state index >= 15 is 0 Å². The van der Waals surface area contributed by atoms with Crippen molar-refractivity contribution < 1.29 is 4.74 Å². The van der Waals surface area contributed by atoms with E-state index in [1.54, 1.807) is 17.7 Å². The first kappa shape index (κ1) is 15.4. The number of rotatable bonds is 1. The van der Waals surface area contributed by atoms with Gasteiger partial charge in [-0.25, -0.2) is 0 Å². The first-order valence-electron chi connectivity index (χ1n) is 6.98. The summed E-state index contributed by atoms with van der Waals surface area (Å²) in [5.41, 5.74) is 7.97. The fourth-order valence-corrected chi connectivity index (χ4v) is 3.27. The van der Waals surface area contributed by atoms with Crippen molar-refractivity contribution in [3.8, 4) is 11.8 Å². The van der Waals surface area contributed by atoms with Crippen molar-refractivity contribution in [3.63, 3.8) is 0 Å². The zero-order valence-electron chi connectivity index (χ0n) is 12.6. The zero-order valence-corrected chi connectivity index (χ0v) is 14.2. The summed E-state index contributed by atoms with van der Waals surface area (Å²) in [5, 5.41) is 9.53. The summed E-state index contributed by atoms with van der Waals surface area (Å²) in [7, 11) is 1.70. The van der Waals surface area contributed by atoms with Gasteiger partial charge in [-0.05, 0) is 18.6 Å². The lowest BCUT2D eigenvalue weighted by Crippen LogP contribution is -2.31. The maximum Gasteiger partial charge on any atom is 0.258 e. The maximum absolute atomic E-state index is 12.8. The number of aromatic nitrogens is 1. The first-order valence-corrected chi connectivity index (χ1v) is 7.77. The molecule has 1 atom stereocenters. The van der Waals surface area contributed by atoms with Crippen LogP contribution in [-0.2, 0) is 7.05 Å². The number of nitrogens with zero attached hydrogens (tertiary/aromatic N) is 2. The van der Waals surface area contributed by atoms with Gasteiger partial charge in [-0.1, -0.05) is 34.1 Å². The standard InChI is InChI=1S/C17H14BrN3O2/c1-9-7-13-15(17(22)21(9)2)14(11(8-19)16(20)23-13)10-5-3-4-6-12(10)18/h3-7,14H,20H2,1-2H3/t14-/m0/s1. The molecular formula is C17H14BrN3O2. The van der Waals surface area contributed by atoms with E-state index in [4.69, 9.17) is 10.5 Å². The van der Waals surface area contributed by atoms with Crippen LogP contribution in [0.25, 0.3) is 0 Å². The number of hydrogen-bond donors (Lipinski definition) is 1. The van der Waals surface area contributed by atoms with E-state index in [2.05, 4.69) is 22.0 Å². The van der Waals surface area contributed by atoms with Crippen LogP contribution >= 0.6 is 15.9 Å². The summed E-state index contributed by atoms with van der Waals surface area (Å²) in [5.74, 6) is -0.116. The predicted molar refractivity (Wildman–Crippen MR) is 89.9 cm³/mol. The molecule has 0 unspecified atom stereocenters. The molecule has 1 aromatic carbocycles. The normalized spacial score (nSPS) is 16.5. The molecule has 23 heavy (non-hydrogen) atoms. The van der Waals surface area contributed by atoms with Gasteiger partial charge in [0.2, 0.25) is 5.88 Å². The van der Waals surface area contributed by atoms with Gasteiger partial charge < -0.3 is 15.0 Å². The van der Waals surface area contributed by atoms with Gasteiger partial charge in [0.1, 0.15) is 17.4 Å². The summed E-state index contributed by atoms with van der Waals surface area (Å²) in [6.07, 6.45) is 0. The molecule has 0 fully saturated rings. The minimum Gasteiger partial charge on any atom is -0.440 e. The molecule has 0 bridgehead atoms. The Balaban J connectivity index is 2.39. The Morgan fingerprint density at radius 2 is 2.09 bits per heavy atom. The van der Waals surface area contributed by atoms with Gasteiger partial charge >= 0.3 is 0 Å². The van der Waals surface area contributed by atoms with Crippen molar-refractivity contribution in [2.24, 2.45) is 12.8 Å². The molecule has 0 saturated heterocycles. The molecule has 2 N–H and O–H groups in total. The third-order valence-corrected chi connectivity index (χ3v) is 4.79. The van der Waals surface area contributed by atoms with E-state index < -0.39 is 5.92 Å². The fraction of sp³-hybridized carbons (Fsp3) is 0.176. The van der Waals surface area contributed by atoms with Crippen molar-refractivity contribution >= 4 is 15.9 Å². The van der Waals surface area contributed by atoms with E-state index in [-0.39, 0.29) is 17.0 Å². The van der Waals surface area contributed by atoms with Crippen molar-refractivity contribution in [1.82, 2.24) is 4.57 Å². The van der Waals surface area contributed by atoms with Crippen LogP contribution in [0.1, 0.15) is 22.7 Å². The Morgan fingerprint density at radius 1 is 1.39 bits per heavy atom. The number of ether oxygens (including phenoxy) is 1. The lowest BCUT2D eigenvalue weighted by molar-refractivity contribution is 0.389. The number of nitriles is 1. The minimum atomic E-state index is -0.557. The van der Waals surface area contributed by atoms with Crippen LogP contribution in [0.3, 0.4) is 0 Å². The summed E-state index contributed by atoms with van der Waals surface area (Å²) < 4.78 is 7.90. The molecule has 2 heterocycles. The summed E-state index contributed by atoms with van der Waals surface area (Å²) >= 11 is 3.50. The largest absolute Gasteiger partial charge is 0.440 e.